The molecule has 2 aromatic carbocycles. The molecular weight excluding hydrogens is 399 g/mol. The summed E-state index contributed by atoms with van der Waals surface area (Å²) in [5, 5.41) is 0. The molecule has 0 saturated heterocycles. The Morgan fingerprint density at radius 1 is 0.867 bits per heavy atom. The zero-order valence-electron chi connectivity index (χ0n) is 16.8. The molecule has 1 unspecified atom stereocenters. The molecule has 1 fully saturated rings. The van der Waals surface area contributed by atoms with Crippen LogP contribution in [0, 0.1) is 5.92 Å². The van der Waals surface area contributed by atoms with E-state index in [1.165, 1.54) is 19.1 Å². The van der Waals surface area contributed by atoms with Crippen molar-refractivity contribution in [1.29, 1.82) is 0 Å². The monoisotopic (exact) mass is 424 g/mol. The van der Waals surface area contributed by atoms with Gasteiger partial charge in [-0.1, -0.05) is 42.5 Å². The van der Waals surface area contributed by atoms with Gasteiger partial charge in [0.2, 0.25) is 0 Å². The summed E-state index contributed by atoms with van der Waals surface area (Å²) in [7, 11) is 0. The highest BCUT2D eigenvalue weighted by molar-refractivity contribution is 5.29. The number of allylic oxidation sites excluding steroid dienone is 1. The first-order chi connectivity index (χ1) is 14.1. The normalized spacial score (nSPS) is 21.3. The SMILES string of the molecule is C=CC1CCC(c2ccc(C(F)(F)OC(C)c3ccc(C(F)(F)F)cc3)cc2)CC1. The second kappa shape index (κ2) is 8.88. The molecule has 0 bridgehead atoms. The van der Waals surface area contributed by atoms with Crippen molar-refractivity contribution in [1.82, 2.24) is 0 Å². The molecule has 162 valence electrons. The number of ether oxygens (including phenoxy) is 1. The van der Waals surface area contributed by atoms with Gasteiger partial charge in [-0.3, -0.25) is 0 Å². The quantitative estimate of drug-likeness (QED) is 0.337. The molecule has 0 aromatic heterocycles. The molecule has 6 heteroatoms. The minimum Gasteiger partial charge on any atom is -0.309 e. The first kappa shape index (κ1) is 22.5. The smallest absolute Gasteiger partial charge is 0.309 e. The highest BCUT2D eigenvalue weighted by atomic mass is 19.4. The topological polar surface area (TPSA) is 9.23 Å². The van der Waals surface area contributed by atoms with E-state index >= 15 is 0 Å². The van der Waals surface area contributed by atoms with Crippen LogP contribution in [0.4, 0.5) is 22.0 Å². The molecular formula is C24H25F5O. The fraction of sp³-hybridized carbons (Fsp3) is 0.417. The number of halogens is 5. The third-order valence-electron chi connectivity index (χ3n) is 5.86. The lowest BCUT2D eigenvalue weighted by Gasteiger charge is -2.27. The number of hydrogen-bond donors (Lipinski definition) is 0. The molecule has 2 aromatic rings. The van der Waals surface area contributed by atoms with Crippen LogP contribution in [0.1, 0.15) is 66.9 Å². The van der Waals surface area contributed by atoms with Gasteiger partial charge >= 0.3 is 12.3 Å². The molecule has 1 atom stereocenters. The number of hydrogen-bond acceptors (Lipinski definition) is 1. The number of benzene rings is 2. The third-order valence-corrected chi connectivity index (χ3v) is 5.86. The second-order valence-electron chi connectivity index (χ2n) is 7.87. The summed E-state index contributed by atoms with van der Waals surface area (Å²) in [4.78, 5) is 0. The average Bonchev–Trinajstić information content (AvgIpc) is 2.73. The second-order valence-corrected chi connectivity index (χ2v) is 7.87. The fourth-order valence-electron chi connectivity index (χ4n) is 3.94. The van der Waals surface area contributed by atoms with E-state index in [2.05, 4.69) is 6.58 Å². The molecule has 0 amide bonds. The van der Waals surface area contributed by atoms with E-state index in [4.69, 9.17) is 4.74 Å². The van der Waals surface area contributed by atoms with Crippen molar-refractivity contribution in [2.24, 2.45) is 5.92 Å². The molecule has 0 heterocycles. The van der Waals surface area contributed by atoms with E-state index < -0.39 is 24.0 Å². The molecule has 30 heavy (non-hydrogen) atoms. The van der Waals surface area contributed by atoms with E-state index in [9.17, 15) is 22.0 Å². The van der Waals surface area contributed by atoms with E-state index in [0.29, 0.717) is 11.8 Å². The maximum absolute atomic E-state index is 14.6. The Morgan fingerprint density at radius 2 is 1.40 bits per heavy atom. The van der Waals surface area contributed by atoms with Crippen LogP contribution >= 0.6 is 0 Å². The Balaban J connectivity index is 1.65. The van der Waals surface area contributed by atoms with Crippen LogP contribution in [0.5, 0.6) is 0 Å². The van der Waals surface area contributed by atoms with Crippen LogP contribution in [0.15, 0.2) is 61.2 Å². The van der Waals surface area contributed by atoms with E-state index in [0.717, 1.165) is 55.5 Å². The summed E-state index contributed by atoms with van der Waals surface area (Å²) < 4.78 is 72.1. The Hall–Kier alpha value is -2.21. The number of rotatable bonds is 6. The Morgan fingerprint density at radius 3 is 1.90 bits per heavy atom. The lowest BCUT2D eigenvalue weighted by molar-refractivity contribution is -0.272. The Labute approximate surface area is 173 Å². The van der Waals surface area contributed by atoms with Gasteiger partial charge in [0.25, 0.3) is 0 Å². The van der Waals surface area contributed by atoms with Crippen LogP contribution in [-0.4, -0.2) is 0 Å². The van der Waals surface area contributed by atoms with Crippen molar-refractivity contribution in [3.63, 3.8) is 0 Å². The van der Waals surface area contributed by atoms with Crippen molar-refractivity contribution in [3.8, 4) is 0 Å². The van der Waals surface area contributed by atoms with Crippen LogP contribution in [0.25, 0.3) is 0 Å². The van der Waals surface area contributed by atoms with E-state index in [-0.39, 0.29) is 11.1 Å². The lowest BCUT2D eigenvalue weighted by Crippen LogP contribution is -2.20. The maximum atomic E-state index is 14.6. The van der Waals surface area contributed by atoms with Gasteiger partial charge < -0.3 is 4.74 Å². The maximum Gasteiger partial charge on any atom is 0.416 e. The molecule has 1 nitrogen and oxygen atoms in total. The minimum absolute atomic E-state index is 0.248. The lowest BCUT2D eigenvalue weighted by atomic mass is 9.78. The van der Waals surface area contributed by atoms with Crippen molar-refractivity contribution in [2.75, 3.05) is 0 Å². The summed E-state index contributed by atoms with van der Waals surface area (Å²) in [5.41, 5.74) is 0.179. The molecule has 0 spiro atoms. The molecule has 3 rings (SSSR count). The molecule has 1 saturated carbocycles. The largest absolute Gasteiger partial charge is 0.416 e. The van der Waals surface area contributed by atoms with Crippen LogP contribution in [-0.2, 0) is 17.0 Å². The van der Waals surface area contributed by atoms with Crippen molar-refractivity contribution in [2.45, 2.75) is 56.9 Å². The zero-order valence-corrected chi connectivity index (χ0v) is 16.8. The highest BCUT2D eigenvalue weighted by Crippen LogP contribution is 2.39. The third kappa shape index (κ3) is 5.28. The van der Waals surface area contributed by atoms with Crippen LogP contribution < -0.4 is 0 Å². The van der Waals surface area contributed by atoms with Crippen molar-refractivity contribution >= 4 is 0 Å². The zero-order chi connectivity index (χ0) is 21.9. The molecule has 0 radical (unpaired) electrons. The summed E-state index contributed by atoms with van der Waals surface area (Å²) in [6.07, 6.45) is -2.99. The Bertz CT molecular complexity index is 831. The predicted molar refractivity (Wildman–Crippen MR) is 106 cm³/mol. The Kier molecular flexibility index (Phi) is 6.65. The van der Waals surface area contributed by atoms with Gasteiger partial charge in [0.15, 0.2) is 0 Å². The standard InChI is InChI=1S/C24H25F5O/c1-3-17-4-6-19(7-5-17)20-10-14-22(15-11-20)24(28,29)30-16(2)18-8-12-21(13-9-18)23(25,26)27/h3,8-17,19H,1,4-7H2,2H3. The summed E-state index contributed by atoms with van der Waals surface area (Å²) in [6.45, 7) is 5.23. The van der Waals surface area contributed by atoms with Crippen LogP contribution in [0.2, 0.25) is 0 Å². The van der Waals surface area contributed by atoms with Gasteiger partial charge in [-0.25, -0.2) is 0 Å². The summed E-state index contributed by atoms with van der Waals surface area (Å²) >= 11 is 0. The number of alkyl halides is 5. The van der Waals surface area contributed by atoms with Gasteiger partial charge in [0.1, 0.15) is 0 Å². The minimum atomic E-state index is -4.47. The van der Waals surface area contributed by atoms with Gasteiger partial charge in [-0.05, 0) is 67.7 Å². The van der Waals surface area contributed by atoms with Gasteiger partial charge in [0, 0.05) is 0 Å². The van der Waals surface area contributed by atoms with Gasteiger partial charge in [-0.2, -0.15) is 22.0 Å². The molecule has 1 aliphatic carbocycles. The predicted octanol–water partition coefficient (Wildman–Crippen LogP) is 7.99. The highest BCUT2D eigenvalue weighted by Gasteiger charge is 2.36. The molecule has 0 N–H and O–H groups in total. The molecule has 1 aliphatic rings. The van der Waals surface area contributed by atoms with E-state index in [1.54, 1.807) is 12.1 Å². The van der Waals surface area contributed by atoms with Crippen molar-refractivity contribution in [3.05, 3.63) is 83.4 Å². The fourth-order valence-corrected chi connectivity index (χ4v) is 3.94. The first-order valence-electron chi connectivity index (χ1n) is 10.1. The van der Waals surface area contributed by atoms with Gasteiger partial charge in [0.05, 0.1) is 17.2 Å². The van der Waals surface area contributed by atoms with Crippen LogP contribution in [0.3, 0.4) is 0 Å². The van der Waals surface area contributed by atoms with Gasteiger partial charge in [-0.15, -0.1) is 6.58 Å². The van der Waals surface area contributed by atoms with E-state index in [1.807, 2.05) is 6.08 Å². The average molecular weight is 424 g/mol. The molecule has 0 aliphatic heterocycles. The van der Waals surface area contributed by atoms with Crippen molar-refractivity contribution < 1.29 is 26.7 Å². The first-order valence-corrected chi connectivity index (χ1v) is 10.1. The summed E-state index contributed by atoms with van der Waals surface area (Å²) in [6, 6.07) is 10.2. The summed E-state index contributed by atoms with van der Waals surface area (Å²) in [5.74, 6) is 0.890.